The van der Waals surface area contributed by atoms with Crippen molar-refractivity contribution in [2.45, 2.75) is 43.8 Å². The third kappa shape index (κ3) is 5.19. The number of hydrogen-bond acceptors (Lipinski definition) is 9. The number of aliphatic hydroxyl groups excluding tert-OH is 5. The molecular formula is C10H19NO8. The second-order valence-electron chi connectivity index (χ2n) is 3.93. The highest BCUT2D eigenvalue weighted by Gasteiger charge is 2.36. The molecule has 0 rings (SSSR count). The number of nitrogens with two attached hydrogens (primary N) is 1. The van der Waals surface area contributed by atoms with Gasteiger partial charge in [0.25, 0.3) is 0 Å². The van der Waals surface area contributed by atoms with Gasteiger partial charge < -0.3 is 36.0 Å². The van der Waals surface area contributed by atoms with Crippen LogP contribution in [0.4, 0.5) is 0 Å². The number of ether oxygens (including phenoxy) is 1. The zero-order valence-corrected chi connectivity index (χ0v) is 10.3. The van der Waals surface area contributed by atoms with Crippen molar-refractivity contribution >= 4 is 11.9 Å². The van der Waals surface area contributed by atoms with Crippen LogP contribution in [0.5, 0.6) is 0 Å². The normalized spacial score (nSPS) is 19.1. The smallest absolute Gasteiger partial charge is 0.345 e. The third-order valence-corrected chi connectivity index (χ3v) is 2.44. The van der Waals surface area contributed by atoms with Gasteiger partial charge in [0.1, 0.15) is 24.4 Å². The van der Waals surface area contributed by atoms with E-state index in [0.717, 1.165) is 0 Å². The molecule has 0 spiro atoms. The third-order valence-electron chi connectivity index (χ3n) is 2.44. The van der Waals surface area contributed by atoms with Crippen LogP contribution in [0, 0.1) is 0 Å². The van der Waals surface area contributed by atoms with Gasteiger partial charge in [0.05, 0.1) is 6.61 Å². The highest BCUT2D eigenvalue weighted by atomic mass is 16.6. The lowest BCUT2D eigenvalue weighted by molar-refractivity contribution is -0.177. The average Bonchev–Trinajstić information content (AvgIpc) is 2.42. The second kappa shape index (κ2) is 8.15. The minimum absolute atomic E-state index is 0.205. The number of hydrogen-bond donors (Lipinski definition) is 6. The zero-order chi connectivity index (χ0) is 15.2. The van der Waals surface area contributed by atoms with Crippen molar-refractivity contribution in [3.63, 3.8) is 0 Å². The Hall–Kier alpha value is -1.10. The van der Waals surface area contributed by atoms with E-state index in [4.69, 9.17) is 15.9 Å². The molecule has 0 aromatic carbocycles. The van der Waals surface area contributed by atoms with Gasteiger partial charge in [-0.15, -0.1) is 0 Å². The van der Waals surface area contributed by atoms with E-state index in [2.05, 4.69) is 4.74 Å². The lowest BCUT2D eigenvalue weighted by Gasteiger charge is -2.24. The van der Waals surface area contributed by atoms with Crippen molar-refractivity contribution in [2.75, 3.05) is 6.61 Å². The molecule has 0 saturated heterocycles. The van der Waals surface area contributed by atoms with Gasteiger partial charge >= 0.3 is 11.9 Å². The molecule has 0 heterocycles. The lowest BCUT2D eigenvalue weighted by Crippen LogP contribution is -2.50. The SMILES string of the molecule is CCC(N)C(=O)OC(=O)[C@H](O)[C@@H](O)[C@@H](O)[C@H](O)CO. The van der Waals surface area contributed by atoms with E-state index in [1.807, 2.05) is 0 Å². The first-order valence-electron chi connectivity index (χ1n) is 5.60. The summed E-state index contributed by atoms with van der Waals surface area (Å²) in [7, 11) is 0. The fraction of sp³-hybridized carbons (Fsp3) is 0.800. The summed E-state index contributed by atoms with van der Waals surface area (Å²) in [5.74, 6) is -2.60. The summed E-state index contributed by atoms with van der Waals surface area (Å²) in [5, 5.41) is 45.5. The van der Waals surface area contributed by atoms with E-state index >= 15 is 0 Å². The van der Waals surface area contributed by atoms with Crippen LogP contribution in [0.25, 0.3) is 0 Å². The Morgan fingerprint density at radius 1 is 1.11 bits per heavy atom. The Balaban J connectivity index is 4.52. The fourth-order valence-corrected chi connectivity index (χ4v) is 1.06. The van der Waals surface area contributed by atoms with Gasteiger partial charge in [-0.25, -0.2) is 9.59 Å². The second-order valence-corrected chi connectivity index (χ2v) is 3.93. The summed E-state index contributed by atoms with van der Waals surface area (Å²) in [5.41, 5.74) is 5.28. The van der Waals surface area contributed by atoms with Crippen molar-refractivity contribution in [3.05, 3.63) is 0 Å². The van der Waals surface area contributed by atoms with E-state index in [0.29, 0.717) is 0 Å². The van der Waals surface area contributed by atoms with Crippen LogP contribution in [-0.2, 0) is 14.3 Å². The van der Waals surface area contributed by atoms with Gasteiger partial charge in [-0.05, 0) is 6.42 Å². The first-order valence-corrected chi connectivity index (χ1v) is 5.60. The molecule has 7 N–H and O–H groups in total. The molecule has 0 aliphatic rings. The molecule has 0 aromatic rings. The van der Waals surface area contributed by atoms with Gasteiger partial charge in [-0.2, -0.15) is 0 Å². The van der Waals surface area contributed by atoms with Crippen LogP contribution in [0.3, 0.4) is 0 Å². The van der Waals surface area contributed by atoms with E-state index < -0.39 is 49.0 Å². The molecule has 0 aromatic heterocycles. The number of carbonyl (C=O) groups excluding carboxylic acids is 2. The molecular weight excluding hydrogens is 262 g/mol. The molecule has 0 aliphatic carbocycles. The zero-order valence-electron chi connectivity index (χ0n) is 10.3. The van der Waals surface area contributed by atoms with Crippen molar-refractivity contribution in [2.24, 2.45) is 5.73 Å². The Morgan fingerprint density at radius 3 is 2.05 bits per heavy atom. The Labute approximate surface area is 109 Å². The van der Waals surface area contributed by atoms with Gasteiger partial charge in [-0.3, -0.25) is 0 Å². The summed E-state index contributed by atoms with van der Waals surface area (Å²) >= 11 is 0. The standard InChI is InChI=1S/C10H19NO8/c1-2-4(11)9(17)19-10(18)8(16)7(15)6(14)5(13)3-12/h4-8,12-16H,2-3,11H2,1H3/t4?,5-,6+,7+,8-/m1/s1. The van der Waals surface area contributed by atoms with Crippen LogP contribution < -0.4 is 5.73 Å². The molecule has 0 aliphatic heterocycles. The maximum absolute atomic E-state index is 11.3. The molecule has 9 nitrogen and oxygen atoms in total. The van der Waals surface area contributed by atoms with Crippen molar-refractivity contribution in [1.82, 2.24) is 0 Å². The molecule has 0 saturated carbocycles. The van der Waals surface area contributed by atoms with Crippen LogP contribution in [0.2, 0.25) is 0 Å². The first-order chi connectivity index (χ1) is 8.76. The molecule has 9 heteroatoms. The summed E-state index contributed by atoms with van der Waals surface area (Å²) in [6.45, 7) is 0.683. The molecule has 5 atom stereocenters. The summed E-state index contributed by atoms with van der Waals surface area (Å²) in [4.78, 5) is 22.4. The van der Waals surface area contributed by atoms with Crippen molar-refractivity contribution in [3.8, 4) is 0 Å². The molecule has 0 bridgehead atoms. The number of rotatable bonds is 7. The van der Waals surface area contributed by atoms with E-state index in [1.54, 1.807) is 6.92 Å². The predicted octanol–water partition coefficient (Wildman–Crippen LogP) is -3.77. The van der Waals surface area contributed by atoms with Crippen LogP contribution in [0.15, 0.2) is 0 Å². The van der Waals surface area contributed by atoms with Gasteiger partial charge in [0.15, 0.2) is 6.10 Å². The fourth-order valence-electron chi connectivity index (χ4n) is 1.06. The van der Waals surface area contributed by atoms with Crippen molar-refractivity contribution in [1.29, 1.82) is 0 Å². The largest absolute Gasteiger partial charge is 0.394 e. The Kier molecular flexibility index (Phi) is 7.68. The maximum Gasteiger partial charge on any atom is 0.345 e. The number of carbonyl (C=O) groups is 2. The van der Waals surface area contributed by atoms with Gasteiger partial charge in [-0.1, -0.05) is 6.92 Å². The van der Waals surface area contributed by atoms with Crippen LogP contribution in [0.1, 0.15) is 13.3 Å². The topological polar surface area (TPSA) is 171 Å². The maximum atomic E-state index is 11.3. The number of aliphatic hydroxyl groups is 5. The monoisotopic (exact) mass is 281 g/mol. The van der Waals surface area contributed by atoms with Gasteiger partial charge in [0, 0.05) is 0 Å². The minimum Gasteiger partial charge on any atom is -0.394 e. The van der Waals surface area contributed by atoms with Gasteiger partial charge in [0.2, 0.25) is 0 Å². The van der Waals surface area contributed by atoms with Crippen molar-refractivity contribution < 1.29 is 39.9 Å². The quantitative estimate of drug-likeness (QED) is 0.202. The highest BCUT2D eigenvalue weighted by Crippen LogP contribution is 2.07. The first kappa shape index (κ1) is 17.9. The molecule has 0 amide bonds. The Bertz CT molecular complexity index is 310. The summed E-state index contributed by atoms with van der Waals surface area (Å²) < 4.78 is 4.18. The average molecular weight is 281 g/mol. The summed E-state index contributed by atoms with van der Waals surface area (Å²) in [6.07, 6.45) is -7.92. The van der Waals surface area contributed by atoms with E-state index in [-0.39, 0.29) is 6.42 Å². The van der Waals surface area contributed by atoms with E-state index in [9.17, 15) is 24.9 Å². The predicted molar refractivity (Wildman–Crippen MR) is 60.5 cm³/mol. The van der Waals surface area contributed by atoms with Crippen LogP contribution in [-0.4, -0.2) is 74.5 Å². The van der Waals surface area contributed by atoms with E-state index in [1.165, 1.54) is 0 Å². The molecule has 1 unspecified atom stereocenters. The molecule has 0 radical (unpaired) electrons. The molecule has 112 valence electrons. The lowest BCUT2D eigenvalue weighted by atomic mass is 10.0. The van der Waals surface area contributed by atoms with Crippen LogP contribution >= 0.6 is 0 Å². The molecule has 0 fully saturated rings. The highest BCUT2D eigenvalue weighted by molar-refractivity contribution is 5.90. The Morgan fingerprint density at radius 2 is 1.63 bits per heavy atom. The molecule has 19 heavy (non-hydrogen) atoms. The minimum atomic E-state index is -2.26. The summed E-state index contributed by atoms with van der Waals surface area (Å²) in [6, 6.07) is -1.05. The number of esters is 2.